The van der Waals surface area contributed by atoms with Gasteiger partial charge in [0.1, 0.15) is 29.5 Å². The van der Waals surface area contributed by atoms with Crippen molar-refractivity contribution in [2.24, 2.45) is 0 Å². The Kier molecular flexibility index (Phi) is 7.39. The number of nitrogens with one attached hydrogen (secondary N) is 2. The van der Waals surface area contributed by atoms with Crippen LogP contribution >= 0.6 is 0 Å². The van der Waals surface area contributed by atoms with E-state index >= 15 is 0 Å². The first-order valence-corrected chi connectivity index (χ1v) is 13.6. The van der Waals surface area contributed by atoms with Gasteiger partial charge in [0.05, 0.1) is 17.9 Å². The average molecular weight is 494 g/mol. The van der Waals surface area contributed by atoms with E-state index < -0.39 is 0 Å². The third-order valence-electron chi connectivity index (χ3n) is 7.80. The highest BCUT2D eigenvalue weighted by molar-refractivity contribution is 6.26. The maximum atomic E-state index is 13.7. The van der Waals surface area contributed by atoms with E-state index in [1.54, 1.807) is 0 Å². The Hall–Kier alpha value is -2.77. The van der Waals surface area contributed by atoms with Crippen LogP contribution in [-0.2, 0) is 0 Å². The third kappa shape index (κ3) is 4.66. The molecule has 0 aromatic heterocycles. The summed E-state index contributed by atoms with van der Waals surface area (Å²) in [5, 5.41) is 7.11. The van der Waals surface area contributed by atoms with Crippen LogP contribution in [0.4, 0.5) is 5.69 Å². The van der Waals surface area contributed by atoms with Gasteiger partial charge in [-0.25, -0.2) is 0 Å². The zero-order valence-corrected chi connectivity index (χ0v) is 21.7. The first-order valence-electron chi connectivity index (χ1n) is 13.6. The second-order valence-corrected chi connectivity index (χ2v) is 10.2. The summed E-state index contributed by atoms with van der Waals surface area (Å²) in [5.41, 5.74) is 9.54. The first-order chi connectivity index (χ1) is 17.5. The molecule has 2 aromatic carbocycles. The van der Waals surface area contributed by atoms with Crippen molar-refractivity contribution in [3.05, 3.63) is 35.4 Å². The molecule has 2 aromatic rings. The molecule has 0 spiro atoms. The molecule has 0 amide bonds. The molecular weight excluding hydrogens is 454 g/mol. The van der Waals surface area contributed by atoms with Crippen molar-refractivity contribution in [1.82, 2.24) is 10.6 Å². The predicted octanol–water partition coefficient (Wildman–Crippen LogP) is 4.70. The molecule has 2 fully saturated rings. The Labute approximate surface area is 214 Å². The number of ketones is 1. The van der Waals surface area contributed by atoms with Crippen LogP contribution in [0.2, 0.25) is 0 Å². The quantitative estimate of drug-likeness (QED) is 0.392. The summed E-state index contributed by atoms with van der Waals surface area (Å²) in [4.78, 5) is 13.7. The molecule has 5 rings (SSSR count). The van der Waals surface area contributed by atoms with Crippen LogP contribution in [0.5, 0.6) is 17.2 Å². The van der Waals surface area contributed by atoms with Crippen LogP contribution in [-0.4, -0.2) is 49.8 Å². The summed E-state index contributed by atoms with van der Waals surface area (Å²) < 4.78 is 18.9. The summed E-state index contributed by atoms with van der Waals surface area (Å²) in [7, 11) is 0. The van der Waals surface area contributed by atoms with E-state index in [9.17, 15) is 4.79 Å². The lowest BCUT2D eigenvalue weighted by atomic mass is 9.99. The minimum atomic E-state index is -0.110. The van der Waals surface area contributed by atoms with E-state index in [1.165, 1.54) is 25.7 Å². The van der Waals surface area contributed by atoms with E-state index in [0.29, 0.717) is 46.2 Å². The molecule has 2 heterocycles. The number of nitrogen functional groups attached to an aromatic ring is 1. The lowest BCUT2D eigenvalue weighted by Crippen LogP contribution is -2.44. The molecule has 4 N–H and O–H groups in total. The zero-order valence-electron chi connectivity index (χ0n) is 21.7. The highest BCUT2D eigenvalue weighted by Crippen LogP contribution is 2.52. The van der Waals surface area contributed by atoms with Gasteiger partial charge in [0.2, 0.25) is 0 Å². The van der Waals surface area contributed by atoms with E-state index in [-0.39, 0.29) is 30.1 Å². The summed E-state index contributed by atoms with van der Waals surface area (Å²) >= 11 is 0. The van der Waals surface area contributed by atoms with E-state index in [4.69, 9.17) is 19.9 Å². The normalized spacial score (nSPS) is 22.9. The van der Waals surface area contributed by atoms with Crippen LogP contribution in [0.3, 0.4) is 0 Å². The van der Waals surface area contributed by atoms with Gasteiger partial charge in [0, 0.05) is 34.8 Å². The Morgan fingerprint density at radius 1 is 0.889 bits per heavy atom. The van der Waals surface area contributed by atoms with Crippen LogP contribution < -0.4 is 30.6 Å². The van der Waals surface area contributed by atoms with Crippen molar-refractivity contribution >= 4 is 11.5 Å². The fraction of sp³-hybridized carbons (Fsp3) is 0.552. The van der Waals surface area contributed by atoms with Gasteiger partial charge in [-0.1, -0.05) is 25.0 Å². The monoisotopic (exact) mass is 493 g/mol. The first kappa shape index (κ1) is 24.9. The maximum Gasteiger partial charge on any atom is 0.196 e. The van der Waals surface area contributed by atoms with Crippen LogP contribution in [0.25, 0.3) is 11.1 Å². The van der Waals surface area contributed by atoms with Crippen molar-refractivity contribution in [3.63, 3.8) is 0 Å². The largest absolute Gasteiger partial charge is 0.493 e. The van der Waals surface area contributed by atoms with Crippen LogP contribution in [0.15, 0.2) is 24.3 Å². The van der Waals surface area contributed by atoms with Gasteiger partial charge < -0.3 is 30.6 Å². The summed E-state index contributed by atoms with van der Waals surface area (Å²) in [6, 6.07) is 8.05. The van der Waals surface area contributed by atoms with Gasteiger partial charge in [-0.3, -0.25) is 4.79 Å². The number of fused-ring (bicyclic) bond motifs is 3. The Bertz CT molecular complexity index is 1110. The van der Waals surface area contributed by atoms with Gasteiger partial charge in [-0.15, -0.1) is 0 Å². The minimum absolute atomic E-state index is 0.0321. The molecule has 1 aliphatic carbocycles. The Morgan fingerprint density at radius 3 is 2.11 bits per heavy atom. The summed E-state index contributed by atoms with van der Waals surface area (Å²) in [5.74, 6) is 1.68. The predicted molar refractivity (Wildman–Crippen MR) is 142 cm³/mol. The van der Waals surface area contributed by atoms with Crippen LogP contribution in [0, 0.1) is 0 Å². The minimum Gasteiger partial charge on any atom is -0.493 e. The standard InChI is InChI=1S/C29H39N3O4/c1-4-34-23-16-24(36-18(3)21-12-6-8-15-32-21)28(30)27-26(23)25-19(29(27)33)10-9-13-22(25)35-17(2)20-11-5-7-14-31-20/h9-10,13,16-18,20-21,31-32H,4-8,11-12,14-15,30H2,1-3H3. The SMILES string of the molecule is CCOc1cc(OC(C)C2CCCCN2)c(N)c2c1-c1c(OC(C)C3CCCCN3)cccc1C2=O. The van der Waals surface area contributed by atoms with Gasteiger partial charge >= 0.3 is 0 Å². The zero-order chi connectivity index (χ0) is 25.2. The second-order valence-electron chi connectivity index (χ2n) is 10.2. The molecule has 2 saturated heterocycles. The molecular formula is C29H39N3O4. The number of carbonyl (C=O) groups is 1. The van der Waals surface area contributed by atoms with Gasteiger partial charge in [0.15, 0.2) is 5.78 Å². The second kappa shape index (κ2) is 10.7. The molecule has 0 bridgehead atoms. The number of hydrogen-bond acceptors (Lipinski definition) is 7. The molecule has 36 heavy (non-hydrogen) atoms. The number of benzene rings is 2. The van der Waals surface area contributed by atoms with E-state index in [2.05, 4.69) is 24.5 Å². The van der Waals surface area contributed by atoms with Gasteiger partial charge in [0.25, 0.3) is 0 Å². The summed E-state index contributed by atoms with van der Waals surface area (Å²) in [6.45, 7) is 8.55. The van der Waals surface area contributed by atoms with E-state index in [0.717, 1.165) is 31.5 Å². The number of piperidine rings is 2. The molecule has 4 unspecified atom stereocenters. The number of ether oxygens (including phenoxy) is 3. The molecule has 0 radical (unpaired) electrons. The average Bonchev–Trinajstić information content (AvgIpc) is 3.21. The number of anilines is 1. The van der Waals surface area contributed by atoms with Crippen molar-refractivity contribution < 1.29 is 19.0 Å². The third-order valence-corrected chi connectivity index (χ3v) is 7.80. The highest BCUT2D eigenvalue weighted by Gasteiger charge is 2.37. The van der Waals surface area contributed by atoms with Crippen molar-refractivity contribution in [1.29, 1.82) is 0 Å². The summed E-state index contributed by atoms with van der Waals surface area (Å²) in [6.07, 6.45) is 6.79. The Morgan fingerprint density at radius 2 is 1.53 bits per heavy atom. The fourth-order valence-corrected chi connectivity index (χ4v) is 5.84. The number of nitrogens with two attached hydrogens (primary N) is 1. The molecule has 2 aliphatic heterocycles. The fourth-order valence-electron chi connectivity index (χ4n) is 5.84. The molecule has 194 valence electrons. The molecule has 7 heteroatoms. The molecule has 0 saturated carbocycles. The van der Waals surface area contributed by atoms with E-state index in [1.807, 2.05) is 31.2 Å². The number of rotatable bonds is 8. The van der Waals surface area contributed by atoms with Gasteiger partial charge in [-0.05, 0) is 65.6 Å². The van der Waals surface area contributed by atoms with Crippen molar-refractivity contribution in [3.8, 4) is 28.4 Å². The lowest BCUT2D eigenvalue weighted by Gasteiger charge is -2.30. The Balaban J connectivity index is 1.51. The molecule has 3 aliphatic rings. The van der Waals surface area contributed by atoms with Gasteiger partial charge in [-0.2, -0.15) is 0 Å². The number of hydrogen-bond donors (Lipinski definition) is 3. The highest BCUT2D eigenvalue weighted by atomic mass is 16.5. The smallest absolute Gasteiger partial charge is 0.196 e. The van der Waals surface area contributed by atoms with Crippen molar-refractivity contribution in [2.75, 3.05) is 25.4 Å². The lowest BCUT2D eigenvalue weighted by molar-refractivity contribution is 0.104. The molecule has 4 atom stereocenters. The number of carbonyl (C=O) groups excluding carboxylic acids is 1. The topological polar surface area (TPSA) is 94.8 Å². The maximum absolute atomic E-state index is 13.7. The van der Waals surface area contributed by atoms with Crippen LogP contribution in [0.1, 0.15) is 75.2 Å². The molecule has 7 nitrogen and oxygen atoms in total. The van der Waals surface area contributed by atoms with Crippen molar-refractivity contribution in [2.45, 2.75) is 83.6 Å².